The molecule has 0 aliphatic carbocycles. The average Bonchev–Trinajstić information content (AvgIpc) is 3.01. The first kappa shape index (κ1) is 17.6. The van der Waals surface area contributed by atoms with Crippen LogP contribution in [0.25, 0.3) is 0 Å². The smallest absolute Gasteiger partial charge is 0.226 e. The van der Waals surface area contributed by atoms with Crippen molar-refractivity contribution in [1.82, 2.24) is 15.4 Å². The zero-order valence-electron chi connectivity index (χ0n) is 14.5. The van der Waals surface area contributed by atoms with Crippen molar-refractivity contribution in [3.63, 3.8) is 0 Å². The molecule has 1 saturated heterocycles. The highest BCUT2D eigenvalue weighted by Gasteiger charge is 2.20. The van der Waals surface area contributed by atoms with Crippen LogP contribution in [-0.2, 0) is 17.8 Å². The van der Waals surface area contributed by atoms with Crippen molar-refractivity contribution in [1.29, 1.82) is 0 Å². The summed E-state index contributed by atoms with van der Waals surface area (Å²) in [5.74, 6) is 1.02. The zero-order chi connectivity index (χ0) is 17.6. The molecular weight excluding hydrogens is 321 g/mol. The number of carbonyl (C=O) groups is 1. The van der Waals surface area contributed by atoms with Crippen molar-refractivity contribution in [2.45, 2.75) is 32.7 Å². The van der Waals surface area contributed by atoms with E-state index in [1.807, 2.05) is 19.1 Å². The number of nitrogens with zero attached hydrogens (tertiary/aromatic N) is 2. The lowest BCUT2D eigenvalue weighted by molar-refractivity contribution is -0.120. The topological polar surface area (TPSA) is 58.4 Å². The van der Waals surface area contributed by atoms with E-state index in [2.05, 4.69) is 15.4 Å². The van der Waals surface area contributed by atoms with Gasteiger partial charge in [-0.25, -0.2) is 4.39 Å². The lowest BCUT2D eigenvalue weighted by Gasteiger charge is -2.32. The summed E-state index contributed by atoms with van der Waals surface area (Å²) in [5, 5.41) is 6.82. The van der Waals surface area contributed by atoms with E-state index in [-0.39, 0.29) is 18.1 Å². The molecule has 1 fully saturated rings. The van der Waals surface area contributed by atoms with Crippen molar-refractivity contribution < 1.29 is 13.7 Å². The highest BCUT2D eigenvalue weighted by atomic mass is 19.1. The summed E-state index contributed by atoms with van der Waals surface area (Å²) in [6.45, 7) is 5.00. The molecule has 5 nitrogen and oxygen atoms in total. The molecule has 1 N–H and O–H groups in total. The predicted octanol–water partition coefficient (Wildman–Crippen LogP) is 2.69. The Morgan fingerprint density at radius 2 is 2.12 bits per heavy atom. The second kappa shape index (κ2) is 8.25. The number of piperidine rings is 1. The first-order valence-corrected chi connectivity index (χ1v) is 8.75. The summed E-state index contributed by atoms with van der Waals surface area (Å²) in [6, 6.07) is 8.72. The minimum Gasteiger partial charge on any atom is -0.361 e. The van der Waals surface area contributed by atoms with E-state index in [0.717, 1.165) is 31.5 Å². The number of likely N-dealkylation sites (tertiary alicyclic amines) is 1. The monoisotopic (exact) mass is 345 g/mol. The molecule has 2 heterocycles. The molecule has 25 heavy (non-hydrogen) atoms. The number of carbonyl (C=O) groups excluding carboxylic acids is 1. The fourth-order valence-corrected chi connectivity index (χ4v) is 3.20. The van der Waals surface area contributed by atoms with Crippen LogP contribution in [0.15, 0.2) is 34.9 Å². The third-order valence-electron chi connectivity index (χ3n) is 4.67. The molecule has 6 heteroatoms. The lowest BCUT2D eigenvalue weighted by Crippen LogP contribution is -2.38. The molecule has 1 aromatic carbocycles. The van der Waals surface area contributed by atoms with Crippen LogP contribution in [0.5, 0.6) is 0 Å². The van der Waals surface area contributed by atoms with Crippen LogP contribution in [0.1, 0.15) is 29.9 Å². The number of hydrogen-bond acceptors (Lipinski definition) is 4. The minimum atomic E-state index is -0.139. The molecule has 3 rings (SSSR count). The van der Waals surface area contributed by atoms with E-state index in [4.69, 9.17) is 4.52 Å². The van der Waals surface area contributed by atoms with Crippen LogP contribution in [-0.4, -0.2) is 35.6 Å². The molecule has 0 spiro atoms. The maximum Gasteiger partial charge on any atom is 0.226 e. The van der Waals surface area contributed by atoms with Crippen LogP contribution >= 0.6 is 0 Å². The number of rotatable bonds is 6. The van der Waals surface area contributed by atoms with Crippen molar-refractivity contribution in [2.24, 2.45) is 5.92 Å². The Labute approximate surface area is 147 Å². The average molecular weight is 345 g/mol. The summed E-state index contributed by atoms with van der Waals surface area (Å²) in [6.07, 6.45) is 2.28. The maximum absolute atomic E-state index is 13.7. The van der Waals surface area contributed by atoms with Crippen molar-refractivity contribution >= 4 is 5.91 Å². The first-order chi connectivity index (χ1) is 12.1. The van der Waals surface area contributed by atoms with Gasteiger partial charge in [-0.3, -0.25) is 9.69 Å². The van der Waals surface area contributed by atoms with Crippen LogP contribution < -0.4 is 5.32 Å². The molecule has 134 valence electrons. The highest BCUT2D eigenvalue weighted by molar-refractivity contribution is 5.78. The molecule has 1 aromatic heterocycles. The number of nitrogens with one attached hydrogen (secondary N) is 1. The van der Waals surface area contributed by atoms with Gasteiger partial charge in [-0.1, -0.05) is 23.4 Å². The molecule has 0 saturated carbocycles. The number of amides is 1. The molecule has 1 amide bonds. The van der Waals surface area contributed by atoms with Crippen LogP contribution in [0, 0.1) is 18.7 Å². The van der Waals surface area contributed by atoms with Gasteiger partial charge < -0.3 is 9.84 Å². The van der Waals surface area contributed by atoms with Gasteiger partial charge in [0.2, 0.25) is 5.91 Å². The Hall–Kier alpha value is -2.21. The first-order valence-electron chi connectivity index (χ1n) is 8.75. The standard InChI is InChI=1S/C19H24FN3O2/c1-14-10-17(22-25-14)11-19(24)21-12-15-6-8-23(9-7-15)13-16-4-2-3-5-18(16)20/h2-5,10,15H,6-9,11-13H2,1H3,(H,21,24). The molecular formula is C19H24FN3O2. The van der Waals surface area contributed by atoms with Gasteiger partial charge in [0.25, 0.3) is 0 Å². The van der Waals surface area contributed by atoms with Gasteiger partial charge in [0, 0.05) is 24.7 Å². The summed E-state index contributed by atoms with van der Waals surface area (Å²) >= 11 is 0. The van der Waals surface area contributed by atoms with E-state index in [0.29, 0.717) is 30.5 Å². The Kier molecular flexibility index (Phi) is 5.81. The van der Waals surface area contributed by atoms with Crippen LogP contribution in [0.4, 0.5) is 4.39 Å². The highest BCUT2D eigenvalue weighted by Crippen LogP contribution is 2.19. The zero-order valence-corrected chi connectivity index (χ0v) is 14.5. The number of halogens is 1. The van der Waals surface area contributed by atoms with Crippen molar-refractivity contribution in [3.05, 3.63) is 53.2 Å². The second-order valence-corrected chi connectivity index (χ2v) is 6.72. The lowest BCUT2D eigenvalue weighted by atomic mass is 9.96. The largest absolute Gasteiger partial charge is 0.361 e. The number of aromatic nitrogens is 1. The van der Waals surface area contributed by atoms with Crippen LogP contribution in [0.3, 0.4) is 0 Å². The van der Waals surface area contributed by atoms with Gasteiger partial charge >= 0.3 is 0 Å². The number of aryl methyl sites for hydroxylation is 1. The quantitative estimate of drug-likeness (QED) is 0.874. The molecule has 2 aromatic rings. The third-order valence-corrected chi connectivity index (χ3v) is 4.67. The Balaban J connectivity index is 1.37. The molecule has 1 aliphatic rings. The van der Waals surface area contributed by atoms with Gasteiger partial charge in [0.1, 0.15) is 11.6 Å². The fraction of sp³-hybridized carbons (Fsp3) is 0.474. The van der Waals surface area contributed by atoms with Gasteiger partial charge in [-0.15, -0.1) is 0 Å². The normalized spacial score (nSPS) is 16.1. The molecule has 0 unspecified atom stereocenters. The molecule has 0 radical (unpaired) electrons. The fourth-order valence-electron chi connectivity index (χ4n) is 3.20. The van der Waals surface area contributed by atoms with Gasteiger partial charge in [0.05, 0.1) is 12.1 Å². The van der Waals surface area contributed by atoms with E-state index in [9.17, 15) is 9.18 Å². The Bertz CT molecular complexity index is 708. The predicted molar refractivity (Wildman–Crippen MR) is 92.4 cm³/mol. The molecule has 0 atom stereocenters. The minimum absolute atomic E-state index is 0.0258. The third kappa shape index (κ3) is 5.13. The SMILES string of the molecule is Cc1cc(CC(=O)NCC2CCN(Cc3ccccc3F)CC2)no1. The van der Waals surface area contributed by atoms with E-state index in [1.165, 1.54) is 6.07 Å². The van der Waals surface area contributed by atoms with Crippen molar-refractivity contribution in [3.8, 4) is 0 Å². The Morgan fingerprint density at radius 1 is 1.36 bits per heavy atom. The van der Waals surface area contributed by atoms with Crippen molar-refractivity contribution in [2.75, 3.05) is 19.6 Å². The van der Waals surface area contributed by atoms with E-state index >= 15 is 0 Å². The van der Waals surface area contributed by atoms with Gasteiger partial charge in [0.15, 0.2) is 0 Å². The van der Waals surface area contributed by atoms with E-state index < -0.39 is 0 Å². The summed E-state index contributed by atoms with van der Waals surface area (Å²) < 4.78 is 18.7. The second-order valence-electron chi connectivity index (χ2n) is 6.72. The van der Waals surface area contributed by atoms with Gasteiger partial charge in [-0.05, 0) is 44.8 Å². The molecule has 0 bridgehead atoms. The number of benzene rings is 1. The summed E-state index contributed by atoms with van der Waals surface area (Å²) in [4.78, 5) is 14.2. The summed E-state index contributed by atoms with van der Waals surface area (Å²) in [7, 11) is 0. The van der Waals surface area contributed by atoms with E-state index in [1.54, 1.807) is 12.1 Å². The van der Waals surface area contributed by atoms with Gasteiger partial charge in [-0.2, -0.15) is 0 Å². The number of hydrogen-bond donors (Lipinski definition) is 1. The maximum atomic E-state index is 13.7. The molecule has 1 aliphatic heterocycles. The Morgan fingerprint density at radius 3 is 2.80 bits per heavy atom. The van der Waals surface area contributed by atoms with Crippen LogP contribution in [0.2, 0.25) is 0 Å². The summed E-state index contributed by atoms with van der Waals surface area (Å²) in [5.41, 5.74) is 1.41.